The van der Waals surface area contributed by atoms with Crippen LogP contribution in [0.4, 0.5) is 5.69 Å². The number of para-hydroxylation sites is 1. The van der Waals surface area contributed by atoms with Crippen LogP contribution in [0.1, 0.15) is 34.3 Å². The van der Waals surface area contributed by atoms with E-state index in [1.807, 2.05) is 30.3 Å². The van der Waals surface area contributed by atoms with Gasteiger partial charge in [-0.25, -0.2) is 0 Å². The summed E-state index contributed by atoms with van der Waals surface area (Å²) in [6.07, 6.45) is 1.32. The number of anilines is 1. The summed E-state index contributed by atoms with van der Waals surface area (Å²) in [5, 5.41) is 11.4. The summed E-state index contributed by atoms with van der Waals surface area (Å²) in [5.74, 6) is -0.693. The molecule has 1 aliphatic rings. The lowest BCUT2D eigenvalue weighted by Crippen LogP contribution is -2.42. The fraction of sp³-hybridized carbons (Fsp3) is 0.200. The van der Waals surface area contributed by atoms with Gasteiger partial charge in [0.2, 0.25) is 0 Å². The maximum atomic E-state index is 13.3. The molecule has 4 nitrogen and oxygen atoms in total. The number of nitrogens with zero attached hydrogens (tertiary/aromatic N) is 1. The largest absolute Gasteiger partial charge is 0.375 e. The minimum Gasteiger partial charge on any atom is -0.375 e. The van der Waals surface area contributed by atoms with Crippen LogP contribution in [0.15, 0.2) is 83.3 Å². The lowest BCUT2D eigenvalue weighted by Gasteiger charge is -2.23. The van der Waals surface area contributed by atoms with Crippen LogP contribution in [-0.4, -0.2) is 23.3 Å². The van der Waals surface area contributed by atoms with E-state index >= 15 is 0 Å². The van der Waals surface area contributed by atoms with Crippen LogP contribution in [0.3, 0.4) is 0 Å². The van der Waals surface area contributed by atoms with Crippen molar-refractivity contribution in [3.8, 4) is 0 Å². The van der Waals surface area contributed by atoms with E-state index in [-0.39, 0.29) is 12.2 Å². The second-order valence-electron chi connectivity index (χ2n) is 7.53. The first-order valence-electron chi connectivity index (χ1n) is 9.95. The van der Waals surface area contributed by atoms with Crippen LogP contribution in [0.25, 0.3) is 0 Å². The molecule has 1 heterocycles. The minimum atomic E-state index is -1.84. The Morgan fingerprint density at radius 2 is 1.60 bits per heavy atom. The monoisotopic (exact) mass is 463 g/mol. The van der Waals surface area contributed by atoms with Gasteiger partial charge in [0.05, 0.1) is 12.1 Å². The van der Waals surface area contributed by atoms with Crippen LogP contribution >= 0.6 is 15.9 Å². The second-order valence-corrected chi connectivity index (χ2v) is 8.45. The summed E-state index contributed by atoms with van der Waals surface area (Å²) in [6.45, 7) is 0.486. The van der Waals surface area contributed by atoms with Crippen LogP contribution in [0.2, 0.25) is 0 Å². The molecule has 0 fully saturated rings. The summed E-state index contributed by atoms with van der Waals surface area (Å²) in [7, 11) is 0. The average Bonchev–Trinajstić information content (AvgIpc) is 2.97. The number of rotatable bonds is 7. The number of benzene rings is 3. The number of amides is 1. The molecule has 1 N–H and O–H groups in total. The minimum absolute atomic E-state index is 0.265. The molecule has 0 aliphatic carbocycles. The topological polar surface area (TPSA) is 57.6 Å². The summed E-state index contributed by atoms with van der Waals surface area (Å²) >= 11 is 3.35. The number of halogens is 1. The third-order valence-electron chi connectivity index (χ3n) is 5.51. The van der Waals surface area contributed by atoms with Crippen molar-refractivity contribution in [1.82, 2.24) is 0 Å². The van der Waals surface area contributed by atoms with Crippen LogP contribution in [0.5, 0.6) is 0 Å². The third kappa shape index (κ3) is 3.95. The van der Waals surface area contributed by atoms with Crippen molar-refractivity contribution in [2.45, 2.75) is 24.9 Å². The highest BCUT2D eigenvalue weighted by molar-refractivity contribution is 9.10. The van der Waals surface area contributed by atoms with Gasteiger partial charge in [0.1, 0.15) is 0 Å². The number of hydrogen-bond donors (Lipinski definition) is 1. The first-order chi connectivity index (χ1) is 14.5. The zero-order valence-electron chi connectivity index (χ0n) is 16.4. The van der Waals surface area contributed by atoms with E-state index in [0.29, 0.717) is 23.4 Å². The number of carbonyl (C=O) groups is 2. The van der Waals surface area contributed by atoms with Crippen LogP contribution in [0, 0.1) is 0 Å². The van der Waals surface area contributed by atoms with Crippen LogP contribution < -0.4 is 4.90 Å². The predicted octanol–water partition coefficient (Wildman–Crippen LogP) is 4.89. The van der Waals surface area contributed by atoms with Crippen molar-refractivity contribution < 1.29 is 14.7 Å². The highest BCUT2D eigenvalue weighted by Gasteiger charge is 2.50. The van der Waals surface area contributed by atoms with Gasteiger partial charge in [0, 0.05) is 22.1 Å². The van der Waals surface area contributed by atoms with Crippen molar-refractivity contribution in [1.29, 1.82) is 0 Å². The molecule has 0 bridgehead atoms. The highest BCUT2D eigenvalue weighted by atomic mass is 79.9. The van der Waals surface area contributed by atoms with E-state index in [2.05, 4.69) is 28.1 Å². The van der Waals surface area contributed by atoms with Gasteiger partial charge in [-0.3, -0.25) is 9.59 Å². The Bertz CT molecular complexity index is 1070. The summed E-state index contributed by atoms with van der Waals surface area (Å²) in [6, 6.07) is 24.2. The molecule has 0 radical (unpaired) electrons. The Morgan fingerprint density at radius 3 is 2.33 bits per heavy atom. The number of aliphatic hydroxyl groups is 1. The Morgan fingerprint density at radius 1 is 0.933 bits per heavy atom. The Labute approximate surface area is 184 Å². The molecule has 0 unspecified atom stereocenters. The van der Waals surface area contributed by atoms with Gasteiger partial charge in [0.25, 0.3) is 5.91 Å². The zero-order chi connectivity index (χ0) is 21.1. The molecule has 0 saturated heterocycles. The highest BCUT2D eigenvalue weighted by Crippen LogP contribution is 2.43. The van der Waals surface area contributed by atoms with E-state index in [0.717, 1.165) is 17.3 Å². The number of hydrogen-bond acceptors (Lipinski definition) is 3. The van der Waals surface area contributed by atoms with Gasteiger partial charge in [-0.1, -0.05) is 76.6 Å². The lowest BCUT2D eigenvalue weighted by atomic mass is 9.88. The molecule has 3 aromatic carbocycles. The van der Waals surface area contributed by atoms with Crippen molar-refractivity contribution >= 4 is 33.3 Å². The van der Waals surface area contributed by atoms with Crippen LogP contribution in [-0.2, 0) is 16.8 Å². The van der Waals surface area contributed by atoms with Crippen molar-refractivity contribution in [2.75, 3.05) is 11.4 Å². The van der Waals surface area contributed by atoms with Gasteiger partial charge in [0.15, 0.2) is 11.4 Å². The normalized spacial score (nSPS) is 17.8. The molecule has 30 heavy (non-hydrogen) atoms. The molecule has 152 valence electrons. The smallest absolute Gasteiger partial charge is 0.264 e. The zero-order valence-corrected chi connectivity index (χ0v) is 18.0. The van der Waals surface area contributed by atoms with Crippen molar-refractivity contribution in [3.63, 3.8) is 0 Å². The number of carbonyl (C=O) groups excluding carboxylic acids is 2. The third-order valence-corrected chi connectivity index (χ3v) is 6.04. The maximum Gasteiger partial charge on any atom is 0.264 e. The standard InChI is InChI=1S/C25H22BrNO3/c26-20-14-12-19(13-15-20)23(28)17-25(30)21-10-4-5-11-22(21)27(24(25)29)16-6-9-18-7-2-1-3-8-18/h1-5,7-8,10-15,30H,6,9,16-17H2/t25-/m1/s1. The first-order valence-corrected chi connectivity index (χ1v) is 10.7. The molecule has 3 aromatic rings. The summed E-state index contributed by atoms with van der Waals surface area (Å²) in [5.41, 5.74) is 1.02. The Kier molecular flexibility index (Phi) is 5.84. The number of Topliss-reactive ketones (excluding diaryl/α,β-unsaturated/α-hetero) is 1. The molecule has 1 atom stereocenters. The van der Waals surface area contributed by atoms with Gasteiger partial charge in [-0.15, -0.1) is 0 Å². The SMILES string of the molecule is O=C(C[C@]1(O)C(=O)N(CCCc2ccccc2)c2ccccc21)c1ccc(Br)cc1. The van der Waals surface area contributed by atoms with E-state index < -0.39 is 11.5 Å². The number of aryl methyl sites for hydroxylation is 1. The molecule has 4 rings (SSSR count). The van der Waals surface area contributed by atoms with Gasteiger partial charge in [-0.2, -0.15) is 0 Å². The van der Waals surface area contributed by atoms with Gasteiger partial charge >= 0.3 is 0 Å². The molecule has 1 amide bonds. The molecular formula is C25H22BrNO3. The molecule has 0 aromatic heterocycles. The second kappa shape index (κ2) is 8.54. The molecule has 0 spiro atoms. The number of ketones is 1. The number of fused-ring (bicyclic) bond motifs is 1. The Balaban J connectivity index is 1.54. The van der Waals surface area contributed by atoms with E-state index in [4.69, 9.17) is 0 Å². The van der Waals surface area contributed by atoms with E-state index in [1.54, 1.807) is 41.3 Å². The molecule has 0 saturated carbocycles. The first kappa shape index (κ1) is 20.5. The Hall–Kier alpha value is -2.76. The molecular weight excluding hydrogens is 442 g/mol. The maximum absolute atomic E-state index is 13.3. The average molecular weight is 464 g/mol. The lowest BCUT2D eigenvalue weighted by molar-refractivity contribution is -0.135. The van der Waals surface area contributed by atoms with Gasteiger partial charge in [-0.05, 0) is 36.6 Å². The quantitative estimate of drug-likeness (QED) is 0.507. The van der Waals surface area contributed by atoms with E-state index in [9.17, 15) is 14.7 Å². The summed E-state index contributed by atoms with van der Waals surface area (Å²) in [4.78, 5) is 27.7. The molecule has 1 aliphatic heterocycles. The predicted molar refractivity (Wildman–Crippen MR) is 121 cm³/mol. The fourth-order valence-electron chi connectivity index (χ4n) is 3.96. The van der Waals surface area contributed by atoms with Crippen molar-refractivity contribution in [3.05, 3.63) is 100 Å². The molecule has 5 heteroatoms. The fourth-order valence-corrected chi connectivity index (χ4v) is 4.22. The van der Waals surface area contributed by atoms with E-state index in [1.165, 1.54) is 5.56 Å². The summed E-state index contributed by atoms with van der Waals surface area (Å²) < 4.78 is 0.865. The van der Waals surface area contributed by atoms with Gasteiger partial charge < -0.3 is 10.0 Å². The van der Waals surface area contributed by atoms with Crippen molar-refractivity contribution in [2.24, 2.45) is 0 Å².